The zero-order valence-electron chi connectivity index (χ0n) is 12.7. The highest BCUT2D eigenvalue weighted by Crippen LogP contribution is 2.27. The molecule has 1 unspecified atom stereocenters. The second kappa shape index (κ2) is 6.85. The number of nitrogens with zero attached hydrogens (tertiary/aromatic N) is 2. The van der Waals surface area contributed by atoms with Gasteiger partial charge in [-0.05, 0) is 35.9 Å². The van der Waals surface area contributed by atoms with Crippen molar-refractivity contribution in [2.24, 2.45) is 0 Å². The average Bonchev–Trinajstić information content (AvgIpc) is 3.13. The molecule has 0 saturated carbocycles. The zero-order valence-corrected chi connectivity index (χ0v) is 13.6. The molecule has 0 fully saturated rings. The van der Waals surface area contributed by atoms with Crippen molar-refractivity contribution in [3.8, 4) is 0 Å². The highest BCUT2D eigenvalue weighted by molar-refractivity contribution is 7.10. The van der Waals surface area contributed by atoms with Crippen LogP contribution in [-0.2, 0) is 13.0 Å². The molecule has 5 heteroatoms. The molecule has 0 aliphatic rings. The van der Waals surface area contributed by atoms with Gasteiger partial charge in [-0.15, -0.1) is 21.5 Å². The van der Waals surface area contributed by atoms with Gasteiger partial charge in [-0.3, -0.25) is 0 Å². The Bertz CT molecular complexity index is 720. The molecular formula is C17H19N3OS. The summed E-state index contributed by atoms with van der Waals surface area (Å²) < 4.78 is 5.45. The van der Waals surface area contributed by atoms with E-state index in [0.29, 0.717) is 18.3 Å². The summed E-state index contributed by atoms with van der Waals surface area (Å²) in [5.41, 5.74) is 2.63. The molecule has 1 N–H and O–H groups in total. The summed E-state index contributed by atoms with van der Waals surface area (Å²) in [6, 6.07) is 12.9. The lowest BCUT2D eigenvalue weighted by Crippen LogP contribution is -2.23. The van der Waals surface area contributed by atoms with Crippen LogP contribution in [-0.4, -0.2) is 10.2 Å². The van der Waals surface area contributed by atoms with Crippen molar-refractivity contribution in [3.63, 3.8) is 0 Å². The Hall–Kier alpha value is -1.98. The molecule has 2 aromatic heterocycles. The standard InChI is InChI=1S/C17H19N3OS/c1-12-8-9-22-17(12)15(10-14-6-4-3-5-7-14)18-11-16-20-19-13(2)21-16/h3-9,15,18H,10-11H2,1-2H3. The van der Waals surface area contributed by atoms with Gasteiger partial charge in [-0.2, -0.15) is 0 Å². The van der Waals surface area contributed by atoms with Gasteiger partial charge in [0.1, 0.15) is 0 Å². The van der Waals surface area contributed by atoms with Crippen LogP contribution < -0.4 is 5.32 Å². The van der Waals surface area contributed by atoms with Gasteiger partial charge in [0, 0.05) is 17.8 Å². The molecule has 3 rings (SSSR count). The van der Waals surface area contributed by atoms with E-state index in [1.54, 1.807) is 18.3 Å². The minimum atomic E-state index is 0.245. The van der Waals surface area contributed by atoms with Crippen molar-refractivity contribution in [1.29, 1.82) is 0 Å². The van der Waals surface area contributed by atoms with Crippen molar-refractivity contribution in [2.45, 2.75) is 32.9 Å². The molecule has 0 bridgehead atoms. The van der Waals surface area contributed by atoms with Crippen LogP contribution in [0.5, 0.6) is 0 Å². The zero-order chi connectivity index (χ0) is 15.4. The van der Waals surface area contributed by atoms with Crippen LogP contribution in [0.25, 0.3) is 0 Å². The summed E-state index contributed by atoms with van der Waals surface area (Å²) in [6.07, 6.45) is 0.940. The molecule has 0 spiro atoms. The van der Waals surface area contributed by atoms with Gasteiger partial charge in [0.2, 0.25) is 11.8 Å². The third kappa shape index (κ3) is 3.61. The Labute approximate surface area is 134 Å². The number of hydrogen-bond donors (Lipinski definition) is 1. The van der Waals surface area contributed by atoms with Crippen LogP contribution in [0.4, 0.5) is 0 Å². The molecule has 1 aromatic carbocycles. The quantitative estimate of drug-likeness (QED) is 0.751. The molecule has 0 radical (unpaired) electrons. The fourth-order valence-electron chi connectivity index (χ4n) is 2.47. The van der Waals surface area contributed by atoms with Crippen molar-refractivity contribution >= 4 is 11.3 Å². The van der Waals surface area contributed by atoms with E-state index >= 15 is 0 Å². The normalized spacial score (nSPS) is 12.5. The largest absolute Gasteiger partial charge is 0.424 e. The van der Waals surface area contributed by atoms with Crippen LogP contribution in [0.1, 0.15) is 33.8 Å². The lowest BCUT2D eigenvalue weighted by Gasteiger charge is -2.18. The minimum absolute atomic E-state index is 0.245. The molecular weight excluding hydrogens is 294 g/mol. The van der Waals surface area contributed by atoms with Crippen molar-refractivity contribution in [2.75, 3.05) is 0 Å². The Morgan fingerprint density at radius 2 is 1.95 bits per heavy atom. The first-order valence-corrected chi connectivity index (χ1v) is 8.20. The van der Waals surface area contributed by atoms with Gasteiger partial charge in [-0.1, -0.05) is 30.3 Å². The van der Waals surface area contributed by atoms with E-state index in [9.17, 15) is 0 Å². The topological polar surface area (TPSA) is 51.0 Å². The molecule has 22 heavy (non-hydrogen) atoms. The van der Waals surface area contributed by atoms with E-state index in [0.717, 1.165) is 6.42 Å². The maximum Gasteiger partial charge on any atom is 0.230 e. The van der Waals surface area contributed by atoms with Crippen molar-refractivity contribution < 1.29 is 4.42 Å². The summed E-state index contributed by atoms with van der Waals surface area (Å²) in [7, 11) is 0. The summed E-state index contributed by atoms with van der Waals surface area (Å²) in [4.78, 5) is 1.36. The minimum Gasteiger partial charge on any atom is -0.424 e. The molecule has 3 aromatic rings. The first kappa shape index (κ1) is 14.9. The average molecular weight is 313 g/mol. The molecule has 2 heterocycles. The second-order valence-corrected chi connectivity index (χ2v) is 6.25. The maximum absolute atomic E-state index is 5.45. The van der Waals surface area contributed by atoms with Crippen LogP contribution in [0.15, 0.2) is 46.2 Å². The molecule has 0 amide bonds. The molecule has 0 aliphatic heterocycles. The lowest BCUT2D eigenvalue weighted by atomic mass is 10.0. The fourth-order valence-corrected chi connectivity index (χ4v) is 3.47. The summed E-state index contributed by atoms with van der Waals surface area (Å²) in [6.45, 7) is 4.54. The Kier molecular flexibility index (Phi) is 4.65. The summed E-state index contributed by atoms with van der Waals surface area (Å²) >= 11 is 1.79. The predicted octanol–water partition coefficient (Wildman–Crippen LogP) is 3.82. The van der Waals surface area contributed by atoms with Crippen LogP contribution >= 0.6 is 11.3 Å². The first-order valence-electron chi connectivity index (χ1n) is 7.32. The van der Waals surface area contributed by atoms with E-state index in [4.69, 9.17) is 4.42 Å². The molecule has 0 aliphatic carbocycles. The summed E-state index contributed by atoms with van der Waals surface area (Å²) in [5.74, 6) is 1.23. The van der Waals surface area contributed by atoms with Gasteiger partial charge in [0.05, 0.1) is 6.54 Å². The third-order valence-corrected chi connectivity index (χ3v) is 4.70. The van der Waals surface area contributed by atoms with Gasteiger partial charge in [0.25, 0.3) is 0 Å². The highest BCUT2D eigenvalue weighted by atomic mass is 32.1. The van der Waals surface area contributed by atoms with Crippen molar-refractivity contribution in [3.05, 3.63) is 69.6 Å². The first-order chi connectivity index (χ1) is 10.7. The predicted molar refractivity (Wildman–Crippen MR) is 87.8 cm³/mol. The number of aromatic nitrogens is 2. The Balaban J connectivity index is 1.75. The fraction of sp³-hybridized carbons (Fsp3) is 0.294. The number of thiophene rings is 1. The van der Waals surface area contributed by atoms with Crippen LogP contribution in [0.2, 0.25) is 0 Å². The van der Waals surface area contributed by atoms with Gasteiger partial charge >= 0.3 is 0 Å². The van der Waals surface area contributed by atoms with Gasteiger partial charge in [0.15, 0.2) is 0 Å². The second-order valence-electron chi connectivity index (χ2n) is 5.31. The lowest BCUT2D eigenvalue weighted by molar-refractivity contribution is 0.423. The Morgan fingerprint density at radius 3 is 2.59 bits per heavy atom. The maximum atomic E-state index is 5.45. The van der Waals surface area contributed by atoms with Crippen LogP contribution in [0.3, 0.4) is 0 Å². The Morgan fingerprint density at radius 1 is 1.14 bits per heavy atom. The van der Waals surface area contributed by atoms with E-state index in [2.05, 4.69) is 58.1 Å². The molecule has 1 atom stereocenters. The monoisotopic (exact) mass is 313 g/mol. The van der Waals surface area contributed by atoms with E-state index in [-0.39, 0.29) is 6.04 Å². The van der Waals surface area contributed by atoms with E-state index in [1.807, 2.05) is 6.07 Å². The molecule has 0 saturated heterocycles. The molecule has 114 valence electrons. The smallest absolute Gasteiger partial charge is 0.230 e. The third-order valence-electron chi connectivity index (χ3n) is 3.57. The number of nitrogens with one attached hydrogen (secondary N) is 1. The summed E-state index contributed by atoms with van der Waals surface area (Å²) in [5, 5.41) is 13.6. The SMILES string of the molecule is Cc1nnc(CNC(Cc2ccccc2)c2sccc2C)o1. The number of aryl methyl sites for hydroxylation is 2. The van der Waals surface area contributed by atoms with Gasteiger partial charge < -0.3 is 9.73 Å². The van der Waals surface area contributed by atoms with Crippen molar-refractivity contribution in [1.82, 2.24) is 15.5 Å². The number of benzene rings is 1. The number of hydrogen-bond acceptors (Lipinski definition) is 5. The molecule has 4 nitrogen and oxygen atoms in total. The number of rotatable bonds is 6. The highest BCUT2D eigenvalue weighted by Gasteiger charge is 2.16. The van der Waals surface area contributed by atoms with Gasteiger partial charge in [-0.25, -0.2) is 0 Å². The van der Waals surface area contributed by atoms with E-state index in [1.165, 1.54) is 16.0 Å². The van der Waals surface area contributed by atoms with E-state index < -0.39 is 0 Å². The van der Waals surface area contributed by atoms with Crippen LogP contribution in [0, 0.1) is 13.8 Å².